The third-order valence-corrected chi connectivity index (χ3v) is 4.64. The Kier molecular flexibility index (Phi) is 5.20. The van der Waals surface area contributed by atoms with Crippen LogP contribution in [0, 0.1) is 0 Å². The third kappa shape index (κ3) is 3.80. The van der Waals surface area contributed by atoms with Crippen molar-refractivity contribution in [2.75, 3.05) is 21.3 Å². The smallest absolute Gasteiger partial charge is 0.162 e. The zero-order valence-electron chi connectivity index (χ0n) is 16.5. The van der Waals surface area contributed by atoms with Crippen LogP contribution in [0.1, 0.15) is 0 Å². The molecule has 0 unspecified atom stereocenters. The van der Waals surface area contributed by atoms with Gasteiger partial charge in [0.05, 0.1) is 32.4 Å². The summed E-state index contributed by atoms with van der Waals surface area (Å²) in [5.74, 6) is 2.82. The zero-order valence-corrected chi connectivity index (χ0v) is 16.5. The molecule has 0 saturated heterocycles. The highest BCUT2D eigenvalue weighted by atomic mass is 16.5. The van der Waals surface area contributed by atoms with Gasteiger partial charge < -0.3 is 18.6 Å². The minimum Gasteiger partial charge on any atom is -0.497 e. The maximum Gasteiger partial charge on any atom is 0.162 e. The van der Waals surface area contributed by atoms with Gasteiger partial charge in [0.1, 0.15) is 17.1 Å². The molecule has 0 amide bonds. The van der Waals surface area contributed by atoms with E-state index in [0.717, 1.165) is 39.1 Å². The van der Waals surface area contributed by atoms with Crippen molar-refractivity contribution in [1.29, 1.82) is 0 Å². The van der Waals surface area contributed by atoms with E-state index in [2.05, 4.69) is 0 Å². The van der Waals surface area contributed by atoms with Crippen LogP contribution in [0.2, 0.25) is 0 Å². The highest BCUT2D eigenvalue weighted by Crippen LogP contribution is 2.31. The Morgan fingerprint density at radius 2 is 1.48 bits per heavy atom. The summed E-state index contributed by atoms with van der Waals surface area (Å²) in [6.07, 6.45) is 0. The molecule has 0 aliphatic heterocycles. The second kappa shape index (κ2) is 8.10. The fraction of sp³-hybridized carbons (Fsp3) is 0.125. The lowest BCUT2D eigenvalue weighted by molar-refractivity contribution is 0.355. The van der Waals surface area contributed by atoms with E-state index in [1.165, 1.54) is 0 Å². The standard InChI is InChI=1S/C24H21NO4/c1-26-18-11-8-16(9-12-18)23-15-20(19-6-4-5-7-21(19)29-23)25-17-10-13-22(27-2)24(14-17)28-3/h4-15H,1-3H3. The second-order valence-electron chi connectivity index (χ2n) is 6.37. The van der Waals surface area contributed by atoms with Gasteiger partial charge in [0.2, 0.25) is 0 Å². The first-order valence-electron chi connectivity index (χ1n) is 9.16. The lowest BCUT2D eigenvalue weighted by atomic mass is 10.1. The van der Waals surface area contributed by atoms with Crippen LogP contribution in [0.4, 0.5) is 5.69 Å². The van der Waals surface area contributed by atoms with Crippen LogP contribution in [0.3, 0.4) is 0 Å². The monoisotopic (exact) mass is 387 g/mol. The number of hydrogen-bond donors (Lipinski definition) is 0. The van der Waals surface area contributed by atoms with Gasteiger partial charge in [0.15, 0.2) is 11.5 Å². The maximum absolute atomic E-state index is 6.14. The van der Waals surface area contributed by atoms with E-state index in [1.54, 1.807) is 21.3 Å². The molecule has 146 valence electrons. The summed E-state index contributed by atoms with van der Waals surface area (Å²) in [7, 11) is 4.87. The lowest BCUT2D eigenvalue weighted by Gasteiger charge is -2.08. The molecule has 0 atom stereocenters. The van der Waals surface area contributed by atoms with Gasteiger partial charge in [0.25, 0.3) is 0 Å². The Labute approximate surface area is 168 Å². The molecule has 4 rings (SSSR count). The quantitative estimate of drug-likeness (QED) is 0.463. The summed E-state index contributed by atoms with van der Waals surface area (Å²) in [6.45, 7) is 0. The van der Waals surface area contributed by atoms with Crippen molar-refractivity contribution in [3.63, 3.8) is 0 Å². The van der Waals surface area contributed by atoms with Crippen molar-refractivity contribution < 1.29 is 18.6 Å². The van der Waals surface area contributed by atoms with Crippen molar-refractivity contribution in [2.24, 2.45) is 4.99 Å². The van der Waals surface area contributed by atoms with Gasteiger partial charge in [-0.1, -0.05) is 12.1 Å². The number of hydrogen-bond acceptors (Lipinski definition) is 5. The first-order chi connectivity index (χ1) is 14.2. The number of nitrogens with zero attached hydrogens (tertiary/aromatic N) is 1. The van der Waals surface area contributed by atoms with Gasteiger partial charge in [-0.3, -0.25) is 0 Å². The molecule has 0 spiro atoms. The van der Waals surface area contributed by atoms with Gasteiger partial charge in [0, 0.05) is 23.1 Å². The van der Waals surface area contributed by atoms with Crippen LogP contribution < -0.4 is 19.6 Å². The summed E-state index contributed by atoms with van der Waals surface area (Å²) in [5, 5.41) is 1.74. The molecule has 29 heavy (non-hydrogen) atoms. The Bertz CT molecular complexity index is 1210. The van der Waals surface area contributed by atoms with E-state index in [0.29, 0.717) is 11.5 Å². The average molecular weight is 387 g/mol. The minimum absolute atomic E-state index is 0.633. The molecule has 1 aromatic heterocycles. The van der Waals surface area contributed by atoms with Gasteiger partial charge in [-0.05, 0) is 48.5 Å². The summed E-state index contributed by atoms with van der Waals surface area (Å²) < 4.78 is 22.1. The van der Waals surface area contributed by atoms with E-state index in [1.807, 2.05) is 72.8 Å². The van der Waals surface area contributed by atoms with E-state index in [-0.39, 0.29) is 0 Å². The number of benzene rings is 3. The second-order valence-corrected chi connectivity index (χ2v) is 6.37. The van der Waals surface area contributed by atoms with E-state index in [9.17, 15) is 0 Å². The molecule has 3 aromatic carbocycles. The van der Waals surface area contributed by atoms with Gasteiger partial charge >= 0.3 is 0 Å². The van der Waals surface area contributed by atoms with Gasteiger partial charge in [-0.2, -0.15) is 0 Å². The largest absolute Gasteiger partial charge is 0.497 e. The highest BCUT2D eigenvalue weighted by molar-refractivity contribution is 5.78. The first kappa shape index (κ1) is 18.6. The van der Waals surface area contributed by atoms with Crippen LogP contribution in [-0.4, -0.2) is 21.3 Å². The Hall–Kier alpha value is -3.73. The van der Waals surface area contributed by atoms with Crippen LogP contribution >= 0.6 is 0 Å². The number of ether oxygens (including phenoxy) is 3. The van der Waals surface area contributed by atoms with Crippen LogP contribution in [0.5, 0.6) is 17.2 Å². The molecule has 1 heterocycles. The molecule has 0 radical (unpaired) electrons. The summed E-state index contributed by atoms with van der Waals surface area (Å²) >= 11 is 0. The zero-order chi connectivity index (χ0) is 20.2. The van der Waals surface area contributed by atoms with E-state index in [4.69, 9.17) is 23.6 Å². The highest BCUT2D eigenvalue weighted by Gasteiger charge is 2.08. The predicted octanol–water partition coefficient (Wildman–Crippen LogP) is 5.36. The SMILES string of the molecule is COc1ccc(-c2cc(=Nc3ccc(OC)c(OC)c3)c3ccccc3o2)cc1. The van der Waals surface area contributed by atoms with Crippen molar-refractivity contribution >= 4 is 16.7 Å². The molecule has 0 fully saturated rings. The van der Waals surface area contributed by atoms with Crippen LogP contribution in [0.15, 0.2) is 82.2 Å². The average Bonchev–Trinajstić information content (AvgIpc) is 2.79. The van der Waals surface area contributed by atoms with Crippen LogP contribution in [0.25, 0.3) is 22.3 Å². The molecule has 0 saturated carbocycles. The summed E-state index contributed by atoms with van der Waals surface area (Å²) in [6, 6.07) is 23.1. The molecule has 5 nitrogen and oxygen atoms in total. The summed E-state index contributed by atoms with van der Waals surface area (Å²) in [5.41, 5.74) is 2.47. The topological polar surface area (TPSA) is 53.2 Å². The number of para-hydroxylation sites is 1. The molecule has 0 N–H and O–H groups in total. The number of methoxy groups -OCH3 is 3. The normalized spacial score (nSPS) is 11.5. The first-order valence-corrected chi connectivity index (χ1v) is 9.16. The molecular formula is C24H21NO4. The fourth-order valence-electron chi connectivity index (χ4n) is 3.14. The van der Waals surface area contributed by atoms with Gasteiger partial charge in [-0.15, -0.1) is 0 Å². The molecule has 4 aromatic rings. The van der Waals surface area contributed by atoms with Crippen molar-refractivity contribution in [3.8, 4) is 28.6 Å². The van der Waals surface area contributed by atoms with E-state index < -0.39 is 0 Å². The van der Waals surface area contributed by atoms with Gasteiger partial charge in [-0.25, -0.2) is 4.99 Å². The van der Waals surface area contributed by atoms with Crippen LogP contribution in [-0.2, 0) is 0 Å². The summed E-state index contributed by atoms with van der Waals surface area (Å²) in [4.78, 5) is 4.85. The number of fused-ring (bicyclic) bond motifs is 1. The third-order valence-electron chi connectivity index (χ3n) is 4.64. The van der Waals surface area contributed by atoms with E-state index >= 15 is 0 Å². The molecule has 0 bridgehead atoms. The van der Waals surface area contributed by atoms with Crippen molar-refractivity contribution in [1.82, 2.24) is 0 Å². The predicted molar refractivity (Wildman–Crippen MR) is 113 cm³/mol. The lowest BCUT2D eigenvalue weighted by Crippen LogP contribution is -2.03. The fourth-order valence-corrected chi connectivity index (χ4v) is 3.14. The van der Waals surface area contributed by atoms with Crippen molar-refractivity contribution in [2.45, 2.75) is 0 Å². The molecule has 0 aliphatic carbocycles. The Morgan fingerprint density at radius 1 is 0.724 bits per heavy atom. The molecular weight excluding hydrogens is 366 g/mol. The van der Waals surface area contributed by atoms with Crippen molar-refractivity contribution in [3.05, 3.63) is 78.2 Å². The Morgan fingerprint density at radius 3 is 2.21 bits per heavy atom. The molecule has 0 aliphatic rings. The Balaban J connectivity index is 1.90. The minimum atomic E-state index is 0.633. The number of rotatable bonds is 5. The maximum atomic E-state index is 6.14. The molecule has 5 heteroatoms.